The van der Waals surface area contributed by atoms with Crippen molar-refractivity contribution in [3.8, 4) is 0 Å². The number of aliphatic hydroxyl groups excluding tert-OH is 2. The highest BCUT2D eigenvalue weighted by Crippen LogP contribution is 2.37. The van der Waals surface area contributed by atoms with Crippen molar-refractivity contribution >= 4 is 7.82 Å². The third kappa shape index (κ3) is 7.40. The molecule has 0 aromatic heterocycles. The molecule has 0 heterocycles. The lowest BCUT2D eigenvalue weighted by Gasteiger charge is -2.23. The van der Waals surface area contributed by atoms with Gasteiger partial charge in [-0.3, -0.25) is 4.57 Å². The fourth-order valence-electron chi connectivity index (χ4n) is 0.623. The van der Waals surface area contributed by atoms with E-state index in [9.17, 15) is 9.46 Å². The molecular formula is C6H16NO6P. The summed E-state index contributed by atoms with van der Waals surface area (Å²) in [5.74, 6) is 0. The molecule has 86 valence electrons. The van der Waals surface area contributed by atoms with E-state index < -0.39 is 20.5 Å². The van der Waals surface area contributed by atoms with Gasteiger partial charge in [-0.05, 0) is 6.42 Å². The lowest BCUT2D eigenvalue weighted by atomic mass is 10.3. The first-order valence-corrected chi connectivity index (χ1v) is 5.66. The molecule has 0 saturated heterocycles. The number of quaternary nitrogens is 1. The third-order valence-electron chi connectivity index (χ3n) is 1.28. The van der Waals surface area contributed by atoms with Gasteiger partial charge >= 0.3 is 0 Å². The molecule has 5 N–H and O–H groups in total. The molecule has 0 bridgehead atoms. The Bertz CT molecular complexity index is 189. The van der Waals surface area contributed by atoms with Crippen LogP contribution in [-0.4, -0.2) is 42.7 Å². The molecule has 0 radical (unpaired) electrons. The van der Waals surface area contributed by atoms with E-state index in [0.717, 1.165) is 0 Å². The molecule has 7 nitrogen and oxygen atoms in total. The molecule has 0 spiro atoms. The molecule has 0 amide bonds. The fraction of sp³-hybridized carbons (Fsp3) is 1.00. The maximum atomic E-state index is 10.9. The zero-order chi connectivity index (χ0) is 11.0. The second-order valence-corrected chi connectivity index (χ2v) is 4.01. The SMILES string of the molecule is [NH3+]CCOP(=O)([O-])OC[C@@H](O)CCO. The van der Waals surface area contributed by atoms with Crippen molar-refractivity contribution in [3.63, 3.8) is 0 Å². The van der Waals surface area contributed by atoms with Crippen LogP contribution in [0.2, 0.25) is 0 Å². The van der Waals surface area contributed by atoms with E-state index >= 15 is 0 Å². The van der Waals surface area contributed by atoms with Gasteiger partial charge in [-0.25, -0.2) is 0 Å². The van der Waals surface area contributed by atoms with E-state index in [1.807, 2.05) is 0 Å². The van der Waals surface area contributed by atoms with Crippen molar-refractivity contribution in [2.24, 2.45) is 0 Å². The predicted octanol–water partition coefficient (Wildman–Crippen LogP) is -2.53. The van der Waals surface area contributed by atoms with Crippen molar-refractivity contribution in [2.45, 2.75) is 12.5 Å². The van der Waals surface area contributed by atoms with Gasteiger partial charge in [-0.2, -0.15) is 0 Å². The third-order valence-corrected chi connectivity index (χ3v) is 2.25. The van der Waals surface area contributed by atoms with Crippen LogP contribution >= 0.6 is 7.82 Å². The van der Waals surface area contributed by atoms with Crippen LogP contribution in [-0.2, 0) is 13.6 Å². The van der Waals surface area contributed by atoms with Gasteiger partial charge in [0.2, 0.25) is 0 Å². The van der Waals surface area contributed by atoms with Crippen molar-refractivity contribution in [1.29, 1.82) is 0 Å². The van der Waals surface area contributed by atoms with Gasteiger partial charge in [0.05, 0.1) is 19.3 Å². The van der Waals surface area contributed by atoms with Gasteiger partial charge in [-0.1, -0.05) is 0 Å². The van der Waals surface area contributed by atoms with Crippen molar-refractivity contribution < 1.29 is 34.5 Å². The maximum absolute atomic E-state index is 10.9. The van der Waals surface area contributed by atoms with Crippen LogP contribution in [0.3, 0.4) is 0 Å². The Kier molecular flexibility index (Phi) is 7.30. The van der Waals surface area contributed by atoms with Crippen molar-refractivity contribution in [3.05, 3.63) is 0 Å². The monoisotopic (exact) mass is 229 g/mol. The molecule has 1 unspecified atom stereocenters. The van der Waals surface area contributed by atoms with Crippen LogP contribution < -0.4 is 10.6 Å². The summed E-state index contributed by atoms with van der Waals surface area (Å²) in [7, 11) is -4.32. The Morgan fingerprint density at radius 1 is 1.50 bits per heavy atom. The standard InChI is InChI=1S/C6H16NO6P/c7-2-4-12-14(10,11)13-5-6(9)1-3-8/h6,8-9H,1-5,7H2,(H,10,11)/t6-/m0/s1. The normalized spacial score (nSPS) is 17.7. The van der Waals surface area contributed by atoms with Crippen LogP contribution in [0, 0.1) is 0 Å². The van der Waals surface area contributed by atoms with Crippen molar-refractivity contribution in [1.82, 2.24) is 0 Å². The summed E-state index contributed by atoms with van der Waals surface area (Å²) >= 11 is 0. The van der Waals surface area contributed by atoms with Crippen LogP contribution in [0.1, 0.15) is 6.42 Å². The van der Waals surface area contributed by atoms with E-state index in [1.165, 1.54) is 0 Å². The lowest BCUT2D eigenvalue weighted by molar-refractivity contribution is -0.373. The maximum Gasteiger partial charge on any atom is 0.268 e. The quantitative estimate of drug-likeness (QED) is 0.394. The Balaban J connectivity index is 3.69. The summed E-state index contributed by atoms with van der Waals surface area (Å²) < 4.78 is 19.6. The largest absolute Gasteiger partial charge is 0.756 e. The van der Waals surface area contributed by atoms with Gasteiger partial charge in [0, 0.05) is 6.61 Å². The lowest BCUT2D eigenvalue weighted by Crippen LogP contribution is -2.52. The van der Waals surface area contributed by atoms with E-state index in [2.05, 4.69) is 14.8 Å². The molecule has 0 rings (SSSR count). The number of hydrogen-bond acceptors (Lipinski definition) is 6. The Morgan fingerprint density at radius 3 is 2.64 bits per heavy atom. The Labute approximate surface area is 82.1 Å². The number of aliphatic hydroxyl groups is 2. The minimum atomic E-state index is -4.32. The zero-order valence-corrected chi connectivity index (χ0v) is 8.69. The molecule has 0 fully saturated rings. The van der Waals surface area contributed by atoms with Gasteiger partial charge in [0.15, 0.2) is 0 Å². The van der Waals surface area contributed by atoms with Crippen LogP contribution in [0.15, 0.2) is 0 Å². The van der Waals surface area contributed by atoms with Crippen LogP contribution in [0.4, 0.5) is 0 Å². The molecule has 0 saturated carbocycles. The highest BCUT2D eigenvalue weighted by atomic mass is 31.2. The molecule has 0 aliphatic carbocycles. The summed E-state index contributed by atoms with van der Waals surface area (Å²) in [6, 6.07) is 0. The first kappa shape index (κ1) is 14.0. The summed E-state index contributed by atoms with van der Waals surface area (Å²) in [5, 5.41) is 17.4. The number of phosphoric ester groups is 1. The molecule has 0 aromatic rings. The fourth-order valence-corrected chi connectivity index (χ4v) is 1.41. The topological polar surface area (TPSA) is 127 Å². The molecule has 14 heavy (non-hydrogen) atoms. The average molecular weight is 229 g/mol. The summed E-state index contributed by atoms with van der Waals surface area (Å²) in [4.78, 5) is 10.9. The van der Waals surface area contributed by atoms with E-state index in [0.29, 0.717) is 6.54 Å². The first-order valence-electron chi connectivity index (χ1n) is 4.20. The Morgan fingerprint density at radius 2 is 2.14 bits per heavy atom. The molecule has 0 aliphatic rings. The Hall–Kier alpha value is -0.0100. The summed E-state index contributed by atoms with van der Waals surface area (Å²) in [6.45, 7) is -0.364. The second kappa shape index (κ2) is 7.30. The molecule has 2 atom stereocenters. The minimum absolute atomic E-state index is 0.0448. The first-order chi connectivity index (χ1) is 6.52. The van der Waals surface area contributed by atoms with E-state index in [1.54, 1.807) is 0 Å². The van der Waals surface area contributed by atoms with Crippen LogP contribution in [0.5, 0.6) is 0 Å². The smallest absolute Gasteiger partial charge is 0.268 e. The highest BCUT2D eigenvalue weighted by molar-refractivity contribution is 7.45. The van der Waals surface area contributed by atoms with Gasteiger partial charge in [-0.15, -0.1) is 0 Å². The summed E-state index contributed by atoms with van der Waals surface area (Å²) in [6.07, 6.45) is -0.944. The highest BCUT2D eigenvalue weighted by Gasteiger charge is 2.12. The minimum Gasteiger partial charge on any atom is -0.756 e. The predicted molar refractivity (Wildman–Crippen MR) is 45.0 cm³/mol. The molecule has 8 heteroatoms. The second-order valence-electron chi connectivity index (χ2n) is 2.60. The molecule has 0 aliphatic heterocycles. The number of rotatable bonds is 8. The molecule has 0 aromatic carbocycles. The van der Waals surface area contributed by atoms with Crippen molar-refractivity contribution in [2.75, 3.05) is 26.4 Å². The zero-order valence-electron chi connectivity index (χ0n) is 7.79. The van der Waals surface area contributed by atoms with Gasteiger partial charge in [0.25, 0.3) is 7.82 Å². The molecular weight excluding hydrogens is 213 g/mol. The average Bonchev–Trinajstić information content (AvgIpc) is 2.13. The van der Waals surface area contributed by atoms with E-state index in [-0.39, 0.29) is 19.6 Å². The number of phosphoric acid groups is 1. The number of hydrogen-bond donors (Lipinski definition) is 3. The van der Waals surface area contributed by atoms with Crippen LogP contribution in [0.25, 0.3) is 0 Å². The van der Waals surface area contributed by atoms with Gasteiger partial charge < -0.3 is 29.9 Å². The van der Waals surface area contributed by atoms with Gasteiger partial charge in [0.1, 0.15) is 6.61 Å². The van der Waals surface area contributed by atoms with E-state index in [4.69, 9.17) is 10.2 Å². The summed E-state index contributed by atoms with van der Waals surface area (Å²) in [5.41, 5.74) is 3.39.